The van der Waals surface area contributed by atoms with Crippen molar-refractivity contribution in [3.63, 3.8) is 0 Å². The Bertz CT molecular complexity index is 443. The highest BCUT2D eigenvalue weighted by molar-refractivity contribution is 5.46. The topological polar surface area (TPSA) is 21.3 Å². The number of methoxy groups -OCH3 is 1. The first-order chi connectivity index (χ1) is 9.30. The molecule has 0 heterocycles. The first-order valence-electron chi connectivity index (χ1n) is 6.74. The second-order valence-electron chi connectivity index (χ2n) is 4.96. The van der Waals surface area contributed by atoms with Gasteiger partial charge in [-0.15, -0.1) is 0 Å². The zero-order valence-corrected chi connectivity index (χ0v) is 12.4. The van der Waals surface area contributed by atoms with Gasteiger partial charge in [-0.2, -0.15) is 13.2 Å². The summed E-state index contributed by atoms with van der Waals surface area (Å²) >= 11 is 0. The number of alkyl halides is 3. The monoisotopic (exact) mass is 289 g/mol. The average molecular weight is 289 g/mol. The van der Waals surface area contributed by atoms with Crippen molar-refractivity contribution >= 4 is 0 Å². The van der Waals surface area contributed by atoms with Gasteiger partial charge in [0.15, 0.2) is 0 Å². The standard InChI is InChI=1S/C15H22F3NO/c1-5-8-19-13(9-15(16,17)18)12-7-6-10(2)11(3)14(12)20-4/h6-7,13,19H,5,8-9H2,1-4H3. The van der Waals surface area contributed by atoms with Crippen molar-refractivity contribution in [3.05, 3.63) is 28.8 Å². The maximum absolute atomic E-state index is 12.8. The van der Waals surface area contributed by atoms with Crippen LogP contribution in [0.15, 0.2) is 12.1 Å². The van der Waals surface area contributed by atoms with E-state index in [0.29, 0.717) is 17.9 Å². The molecule has 1 atom stereocenters. The van der Waals surface area contributed by atoms with Crippen LogP contribution in [-0.2, 0) is 0 Å². The first-order valence-corrected chi connectivity index (χ1v) is 6.74. The molecule has 0 spiro atoms. The van der Waals surface area contributed by atoms with Gasteiger partial charge in [-0.05, 0) is 37.9 Å². The summed E-state index contributed by atoms with van der Waals surface area (Å²) in [5, 5.41) is 2.96. The molecule has 0 fully saturated rings. The van der Waals surface area contributed by atoms with Crippen LogP contribution >= 0.6 is 0 Å². The zero-order valence-electron chi connectivity index (χ0n) is 12.4. The Kier molecular flexibility index (Phi) is 5.87. The van der Waals surface area contributed by atoms with Crippen molar-refractivity contribution in [2.45, 2.75) is 45.8 Å². The molecule has 0 aromatic heterocycles. The molecule has 1 unspecified atom stereocenters. The van der Waals surface area contributed by atoms with Gasteiger partial charge in [0.25, 0.3) is 0 Å². The Morgan fingerprint density at radius 1 is 1.25 bits per heavy atom. The summed E-state index contributed by atoms with van der Waals surface area (Å²) in [5.74, 6) is 0.544. The SMILES string of the molecule is CCCNC(CC(F)(F)F)c1ccc(C)c(C)c1OC. The maximum Gasteiger partial charge on any atom is 0.390 e. The summed E-state index contributed by atoms with van der Waals surface area (Å²) in [5.41, 5.74) is 2.46. The molecule has 0 aliphatic heterocycles. The van der Waals surface area contributed by atoms with Gasteiger partial charge < -0.3 is 10.1 Å². The molecule has 114 valence electrons. The lowest BCUT2D eigenvalue weighted by atomic mass is 9.97. The van der Waals surface area contributed by atoms with Crippen LogP contribution in [0.4, 0.5) is 13.2 Å². The second kappa shape index (κ2) is 6.97. The maximum atomic E-state index is 12.8. The van der Waals surface area contributed by atoms with E-state index < -0.39 is 18.6 Å². The summed E-state index contributed by atoms with van der Waals surface area (Å²) in [6.07, 6.45) is -4.33. The Balaban J connectivity index is 3.15. The number of nitrogens with one attached hydrogen (secondary N) is 1. The highest BCUT2D eigenvalue weighted by Gasteiger charge is 2.33. The highest BCUT2D eigenvalue weighted by atomic mass is 19.4. The van der Waals surface area contributed by atoms with Crippen molar-refractivity contribution < 1.29 is 17.9 Å². The molecule has 5 heteroatoms. The highest BCUT2D eigenvalue weighted by Crippen LogP contribution is 2.36. The quantitative estimate of drug-likeness (QED) is 0.842. The van der Waals surface area contributed by atoms with Crippen LogP contribution in [0.2, 0.25) is 0 Å². The Labute approximate surface area is 118 Å². The summed E-state index contributed by atoms with van der Waals surface area (Å²) in [6, 6.07) is 2.79. The van der Waals surface area contributed by atoms with Crippen LogP contribution in [0.25, 0.3) is 0 Å². The fourth-order valence-corrected chi connectivity index (χ4v) is 2.20. The van der Waals surface area contributed by atoms with Crippen LogP contribution in [0.3, 0.4) is 0 Å². The molecule has 0 radical (unpaired) electrons. The number of aryl methyl sites for hydroxylation is 1. The Morgan fingerprint density at radius 2 is 1.90 bits per heavy atom. The number of hydrogen-bond acceptors (Lipinski definition) is 2. The molecule has 1 aromatic rings. The molecule has 0 bridgehead atoms. The van der Waals surface area contributed by atoms with E-state index in [9.17, 15) is 13.2 Å². The van der Waals surface area contributed by atoms with Gasteiger partial charge in [-0.25, -0.2) is 0 Å². The molecular weight excluding hydrogens is 267 g/mol. The molecule has 0 saturated heterocycles. The van der Waals surface area contributed by atoms with E-state index >= 15 is 0 Å². The van der Waals surface area contributed by atoms with Crippen LogP contribution in [-0.4, -0.2) is 19.8 Å². The Hall–Kier alpha value is -1.23. The molecule has 0 aliphatic rings. The number of benzene rings is 1. The van der Waals surface area contributed by atoms with E-state index in [0.717, 1.165) is 17.5 Å². The van der Waals surface area contributed by atoms with Crippen molar-refractivity contribution in [3.8, 4) is 5.75 Å². The lowest BCUT2D eigenvalue weighted by molar-refractivity contribution is -0.140. The third-order valence-electron chi connectivity index (χ3n) is 3.36. The third-order valence-corrected chi connectivity index (χ3v) is 3.36. The molecular formula is C15H22F3NO. The Morgan fingerprint density at radius 3 is 2.40 bits per heavy atom. The minimum atomic E-state index is -4.21. The smallest absolute Gasteiger partial charge is 0.390 e. The number of halogens is 3. The van der Waals surface area contributed by atoms with E-state index in [4.69, 9.17) is 4.74 Å². The molecule has 1 rings (SSSR count). The molecule has 0 aliphatic carbocycles. The second-order valence-corrected chi connectivity index (χ2v) is 4.96. The predicted molar refractivity (Wildman–Crippen MR) is 74.2 cm³/mol. The van der Waals surface area contributed by atoms with Gasteiger partial charge in [0.1, 0.15) is 5.75 Å². The average Bonchev–Trinajstić information content (AvgIpc) is 2.36. The predicted octanol–water partition coefficient (Wildman–Crippen LogP) is 4.31. The lowest BCUT2D eigenvalue weighted by Crippen LogP contribution is -2.28. The summed E-state index contributed by atoms with van der Waals surface area (Å²) < 4.78 is 43.6. The van der Waals surface area contributed by atoms with Gasteiger partial charge in [0.2, 0.25) is 0 Å². The van der Waals surface area contributed by atoms with Crippen molar-refractivity contribution in [2.75, 3.05) is 13.7 Å². The molecule has 1 aromatic carbocycles. The molecule has 2 nitrogen and oxygen atoms in total. The van der Waals surface area contributed by atoms with Crippen LogP contribution < -0.4 is 10.1 Å². The van der Waals surface area contributed by atoms with Gasteiger partial charge in [-0.1, -0.05) is 19.1 Å². The summed E-state index contributed by atoms with van der Waals surface area (Å²) in [7, 11) is 1.50. The van der Waals surface area contributed by atoms with Crippen LogP contribution in [0, 0.1) is 13.8 Å². The largest absolute Gasteiger partial charge is 0.496 e. The van der Waals surface area contributed by atoms with E-state index in [1.807, 2.05) is 26.8 Å². The van der Waals surface area contributed by atoms with E-state index in [-0.39, 0.29) is 0 Å². The normalized spacial score (nSPS) is 13.3. The van der Waals surface area contributed by atoms with Crippen molar-refractivity contribution in [1.29, 1.82) is 0 Å². The first kappa shape index (κ1) is 16.8. The summed E-state index contributed by atoms with van der Waals surface area (Å²) in [6.45, 7) is 6.24. The van der Waals surface area contributed by atoms with Crippen LogP contribution in [0.5, 0.6) is 5.75 Å². The van der Waals surface area contributed by atoms with Crippen LogP contribution in [0.1, 0.15) is 42.5 Å². The fraction of sp³-hybridized carbons (Fsp3) is 0.600. The van der Waals surface area contributed by atoms with Gasteiger partial charge in [-0.3, -0.25) is 0 Å². The van der Waals surface area contributed by atoms with Gasteiger partial charge in [0.05, 0.1) is 13.5 Å². The minimum Gasteiger partial charge on any atom is -0.496 e. The van der Waals surface area contributed by atoms with Crippen molar-refractivity contribution in [2.24, 2.45) is 0 Å². The molecule has 20 heavy (non-hydrogen) atoms. The number of hydrogen-bond donors (Lipinski definition) is 1. The number of ether oxygens (including phenoxy) is 1. The number of rotatable bonds is 6. The molecule has 1 N–H and O–H groups in total. The zero-order chi connectivity index (χ0) is 15.3. The van der Waals surface area contributed by atoms with Gasteiger partial charge >= 0.3 is 6.18 Å². The van der Waals surface area contributed by atoms with E-state index in [1.54, 1.807) is 6.07 Å². The molecule has 0 amide bonds. The summed E-state index contributed by atoms with van der Waals surface area (Å²) in [4.78, 5) is 0. The van der Waals surface area contributed by atoms with Gasteiger partial charge in [0, 0.05) is 11.6 Å². The van der Waals surface area contributed by atoms with Crippen molar-refractivity contribution in [1.82, 2.24) is 5.32 Å². The fourth-order valence-electron chi connectivity index (χ4n) is 2.20. The van der Waals surface area contributed by atoms with E-state index in [2.05, 4.69) is 5.32 Å². The lowest BCUT2D eigenvalue weighted by Gasteiger charge is -2.24. The molecule has 0 saturated carbocycles. The third kappa shape index (κ3) is 4.40. The minimum absolute atomic E-state index is 0.539. The van der Waals surface area contributed by atoms with E-state index in [1.165, 1.54) is 7.11 Å².